The van der Waals surface area contributed by atoms with Crippen LogP contribution in [0.3, 0.4) is 0 Å². The molecule has 1 aromatic heterocycles. The maximum atomic E-state index is 14.8. The summed E-state index contributed by atoms with van der Waals surface area (Å²) in [6, 6.07) is 2.66. The monoisotopic (exact) mass is 607 g/mol. The Morgan fingerprint density at radius 1 is 1.14 bits per heavy atom. The molecule has 9 heteroatoms. The quantitative estimate of drug-likeness (QED) is 0.263. The molecule has 1 aliphatic carbocycles. The van der Waals surface area contributed by atoms with Gasteiger partial charge in [-0.05, 0) is 77.6 Å². The predicted molar refractivity (Wildman–Crippen MR) is 160 cm³/mol. The Morgan fingerprint density at radius 2 is 1.81 bits per heavy atom. The molecule has 1 aromatic carbocycles. The van der Waals surface area contributed by atoms with Crippen LogP contribution in [0.25, 0.3) is 5.57 Å². The van der Waals surface area contributed by atoms with Crippen LogP contribution in [0.1, 0.15) is 119 Å². The summed E-state index contributed by atoms with van der Waals surface area (Å²) in [5.41, 5.74) is 3.48. The van der Waals surface area contributed by atoms with Gasteiger partial charge in [0.25, 0.3) is 0 Å². The predicted octanol–water partition coefficient (Wildman–Crippen LogP) is 9.28. The van der Waals surface area contributed by atoms with Crippen LogP contribution >= 0.6 is 0 Å². The van der Waals surface area contributed by atoms with Gasteiger partial charge >= 0.3 is 6.18 Å². The lowest BCUT2D eigenvalue weighted by atomic mass is 9.71. The van der Waals surface area contributed by atoms with Crippen LogP contribution in [0.5, 0.6) is 0 Å². The van der Waals surface area contributed by atoms with Crippen LogP contribution < -0.4 is 0 Å². The van der Waals surface area contributed by atoms with Crippen LogP contribution in [-0.2, 0) is 21.8 Å². The first-order chi connectivity index (χ1) is 19.2. The molecule has 0 amide bonds. The summed E-state index contributed by atoms with van der Waals surface area (Å²) in [5, 5.41) is 11.9. The standard InChI is InChI=1S/C33H45F4NO3Si/c1-19(2)29-28(30(39)21-10-11-22(23(34)16-21)33(35,36)37)26(20-12-14-40-15-13-20)27-24(38-29)17-32(6,7)18-25(27)41-42(8,9)31(3,4)5/h10-12,16,19,25,30,39H,13-15,17-18H2,1-9H3/t25-,30?/m0/s1. The Bertz CT molecular complexity index is 1360. The zero-order valence-electron chi connectivity index (χ0n) is 26.3. The van der Waals surface area contributed by atoms with E-state index in [0.717, 1.165) is 47.4 Å². The lowest BCUT2D eigenvalue weighted by Gasteiger charge is -2.45. The highest BCUT2D eigenvalue weighted by molar-refractivity contribution is 6.74. The molecule has 2 aromatic rings. The minimum Gasteiger partial charge on any atom is -0.410 e. The highest BCUT2D eigenvalue weighted by atomic mass is 28.4. The maximum absolute atomic E-state index is 14.8. The van der Waals surface area contributed by atoms with Crippen LogP contribution in [0.4, 0.5) is 17.6 Å². The first-order valence-electron chi connectivity index (χ1n) is 14.8. The molecule has 4 nitrogen and oxygen atoms in total. The topological polar surface area (TPSA) is 51.6 Å². The van der Waals surface area contributed by atoms with E-state index in [-0.39, 0.29) is 28.0 Å². The Hall–Kier alpha value is -2.07. The van der Waals surface area contributed by atoms with Crippen molar-refractivity contribution in [1.82, 2.24) is 4.98 Å². The van der Waals surface area contributed by atoms with E-state index in [1.54, 1.807) is 0 Å². The molecule has 0 saturated carbocycles. The zero-order valence-corrected chi connectivity index (χ0v) is 27.3. The third-order valence-corrected chi connectivity index (χ3v) is 13.5. The molecule has 1 N–H and O–H groups in total. The summed E-state index contributed by atoms with van der Waals surface area (Å²) in [6.45, 7) is 20.4. The van der Waals surface area contributed by atoms with Gasteiger partial charge in [-0.1, -0.05) is 60.6 Å². The van der Waals surface area contributed by atoms with E-state index in [1.165, 1.54) is 0 Å². The Kier molecular flexibility index (Phi) is 8.95. The molecule has 1 unspecified atom stereocenters. The number of aliphatic hydroxyl groups is 1. The van der Waals surface area contributed by atoms with Crippen molar-refractivity contribution in [3.63, 3.8) is 0 Å². The number of fused-ring (bicyclic) bond motifs is 1. The minimum absolute atomic E-state index is 0.0434. The molecular formula is C33H45F4NO3Si. The summed E-state index contributed by atoms with van der Waals surface area (Å²) in [4.78, 5) is 5.18. The van der Waals surface area contributed by atoms with Gasteiger partial charge in [0.05, 0.1) is 24.9 Å². The van der Waals surface area contributed by atoms with Crippen molar-refractivity contribution in [2.45, 2.75) is 110 Å². The number of hydrogen-bond acceptors (Lipinski definition) is 4. The second kappa shape index (κ2) is 11.5. The van der Waals surface area contributed by atoms with Gasteiger partial charge in [0.15, 0.2) is 8.32 Å². The molecule has 2 atom stereocenters. The molecule has 0 fully saturated rings. The lowest BCUT2D eigenvalue weighted by Crippen LogP contribution is -2.44. The number of aromatic nitrogens is 1. The fourth-order valence-electron chi connectivity index (χ4n) is 5.84. The number of nitrogens with zero attached hydrogens (tertiary/aromatic N) is 1. The maximum Gasteiger partial charge on any atom is 0.419 e. The van der Waals surface area contributed by atoms with Gasteiger partial charge in [-0.3, -0.25) is 4.98 Å². The Labute approximate surface area is 248 Å². The molecule has 0 radical (unpaired) electrons. The highest BCUT2D eigenvalue weighted by Crippen LogP contribution is 2.51. The second-order valence-electron chi connectivity index (χ2n) is 14.4. The van der Waals surface area contributed by atoms with Crippen molar-refractivity contribution in [1.29, 1.82) is 0 Å². The molecular weight excluding hydrogens is 562 g/mol. The summed E-state index contributed by atoms with van der Waals surface area (Å²) >= 11 is 0. The minimum atomic E-state index is -4.83. The van der Waals surface area contributed by atoms with Crippen molar-refractivity contribution in [3.05, 3.63) is 69.3 Å². The fourth-order valence-corrected chi connectivity index (χ4v) is 7.11. The number of rotatable bonds is 6. The van der Waals surface area contributed by atoms with Gasteiger partial charge < -0.3 is 14.3 Å². The normalized spacial score (nSPS) is 20.4. The molecule has 0 saturated heterocycles. The zero-order chi connectivity index (χ0) is 31.4. The summed E-state index contributed by atoms with van der Waals surface area (Å²) in [7, 11) is -2.26. The SMILES string of the molecule is CC(C)c1nc2c(c(C3=CCOCC3)c1C(O)c1ccc(C(F)(F)F)c(F)c1)[C@@H](O[Si](C)(C)C(C)(C)C)CC(C)(C)C2. The molecule has 4 rings (SSSR count). The van der Waals surface area contributed by atoms with Crippen molar-refractivity contribution in [2.75, 3.05) is 13.2 Å². The number of ether oxygens (including phenoxy) is 1. The highest BCUT2D eigenvalue weighted by Gasteiger charge is 2.45. The van der Waals surface area contributed by atoms with E-state index in [0.29, 0.717) is 37.0 Å². The summed E-state index contributed by atoms with van der Waals surface area (Å²) in [6.07, 6.45) is -2.41. The lowest BCUT2D eigenvalue weighted by molar-refractivity contribution is -0.140. The van der Waals surface area contributed by atoms with Gasteiger partial charge in [0, 0.05) is 22.5 Å². The average molecular weight is 608 g/mol. The molecule has 2 aliphatic rings. The Balaban J connectivity index is 2.03. The van der Waals surface area contributed by atoms with Crippen LogP contribution in [0.15, 0.2) is 24.3 Å². The molecule has 232 valence electrons. The molecule has 0 spiro atoms. The number of hydrogen-bond donors (Lipinski definition) is 1. The van der Waals surface area contributed by atoms with E-state index in [1.807, 2.05) is 19.9 Å². The largest absolute Gasteiger partial charge is 0.419 e. The van der Waals surface area contributed by atoms with Crippen LogP contribution in [0.2, 0.25) is 18.1 Å². The average Bonchev–Trinajstić information content (AvgIpc) is 2.85. The van der Waals surface area contributed by atoms with Crippen molar-refractivity contribution in [3.8, 4) is 0 Å². The van der Waals surface area contributed by atoms with Crippen molar-refractivity contribution < 1.29 is 31.8 Å². The van der Waals surface area contributed by atoms with Gasteiger partial charge in [0.1, 0.15) is 11.9 Å². The number of halogens is 4. The molecule has 1 aliphatic heterocycles. The third kappa shape index (κ3) is 6.54. The van der Waals surface area contributed by atoms with Crippen molar-refractivity contribution in [2.24, 2.45) is 5.41 Å². The van der Waals surface area contributed by atoms with Gasteiger partial charge in [-0.15, -0.1) is 0 Å². The Morgan fingerprint density at radius 3 is 2.33 bits per heavy atom. The second-order valence-corrected chi connectivity index (χ2v) is 19.2. The van der Waals surface area contributed by atoms with E-state index in [4.69, 9.17) is 14.1 Å². The van der Waals surface area contributed by atoms with E-state index >= 15 is 0 Å². The van der Waals surface area contributed by atoms with Gasteiger partial charge in [-0.25, -0.2) is 4.39 Å². The van der Waals surface area contributed by atoms with Gasteiger partial charge in [0.2, 0.25) is 0 Å². The van der Waals surface area contributed by atoms with Crippen LogP contribution in [-0.4, -0.2) is 31.6 Å². The smallest absolute Gasteiger partial charge is 0.410 e. The summed E-state index contributed by atoms with van der Waals surface area (Å²) in [5.74, 6) is -1.52. The molecule has 2 heterocycles. The van der Waals surface area contributed by atoms with E-state index < -0.39 is 32.0 Å². The van der Waals surface area contributed by atoms with Crippen LogP contribution in [0, 0.1) is 11.2 Å². The summed E-state index contributed by atoms with van der Waals surface area (Å²) < 4.78 is 67.6. The van der Waals surface area contributed by atoms with E-state index in [2.05, 4.69) is 47.7 Å². The van der Waals surface area contributed by atoms with Crippen molar-refractivity contribution >= 4 is 13.9 Å². The molecule has 0 bridgehead atoms. The number of alkyl halides is 3. The first-order valence-corrected chi connectivity index (χ1v) is 17.7. The first kappa shape index (κ1) is 32.8. The molecule has 42 heavy (non-hydrogen) atoms. The number of aliphatic hydroxyl groups excluding tert-OH is 1. The number of benzene rings is 1. The van der Waals surface area contributed by atoms with Gasteiger partial charge in [-0.2, -0.15) is 13.2 Å². The number of pyridine rings is 1. The fraction of sp³-hybridized carbons (Fsp3) is 0.606. The third-order valence-electron chi connectivity index (χ3n) is 9.05. The van der Waals surface area contributed by atoms with E-state index in [9.17, 15) is 22.7 Å².